The molecule has 0 aliphatic carbocycles. The first-order chi connectivity index (χ1) is 21.2. The van der Waals surface area contributed by atoms with Crippen molar-refractivity contribution in [2.75, 3.05) is 25.6 Å². The Labute approximate surface area is 263 Å². The van der Waals surface area contributed by atoms with E-state index >= 15 is 4.39 Å². The third-order valence-electron chi connectivity index (χ3n) is 8.21. The van der Waals surface area contributed by atoms with Crippen molar-refractivity contribution in [3.05, 3.63) is 75.9 Å². The van der Waals surface area contributed by atoms with Gasteiger partial charge in [0.2, 0.25) is 0 Å². The van der Waals surface area contributed by atoms with Crippen LogP contribution < -0.4 is 15.0 Å². The third-order valence-corrected chi connectivity index (χ3v) is 8.21. The first-order valence-electron chi connectivity index (χ1n) is 15.1. The second-order valence-corrected chi connectivity index (χ2v) is 12.8. The molecule has 1 atom stereocenters. The molecule has 0 unspecified atom stereocenters. The standard InChI is InChI=1S/C35H41FN4O5/c1-19-23-10-9-15-44-30(23)26(36)16-24(19)29-25-17-27(33(41)37-18-21-11-13-22(14-12-21)39(6)7)40(8)32(25)38-20(2)28(29)31(34(42)43)45-35(3,4)5/h11-14,16-17,31H,9-10,15,18H2,1-8H3,(H,37,41)(H,42,43)/t31-/m0/s1. The summed E-state index contributed by atoms with van der Waals surface area (Å²) in [6, 6.07) is 11.0. The monoisotopic (exact) mass is 616 g/mol. The number of nitrogens with one attached hydrogen (secondary N) is 1. The average molecular weight is 617 g/mol. The van der Waals surface area contributed by atoms with Crippen molar-refractivity contribution in [1.29, 1.82) is 0 Å². The van der Waals surface area contributed by atoms with Crippen molar-refractivity contribution in [1.82, 2.24) is 14.9 Å². The van der Waals surface area contributed by atoms with Crippen LogP contribution in [0.1, 0.15) is 71.7 Å². The van der Waals surface area contributed by atoms with Crippen molar-refractivity contribution in [3.63, 3.8) is 0 Å². The number of carbonyl (C=O) groups excluding carboxylic acids is 1. The summed E-state index contributed by atoms with van der Waals surface area (Å²) in [6.07, 6.45) is -0.0191. The second kappa shape index (κ2) is 12.2. The molecule has 9 nitrogen and oxygen atoms in total. The Balaban J connectivity index is 1.69. The number of benzene rings is 2. The van der Waals surface area contributed by atoms with E-state index in [1.54, 1.807) is 45.4 Å². The Bertz CT molecular complexity index is 1790. The molecule has 2 N–H and O–H groups in total. The molecule has 238 valence electrons. The lowest BCUT2D eigenvalue weighted by Crippen LogP contribution is -2.28. The van der Waals surface area contributed by atoms with Gasteiger partial charge in [0.25, 0.3) is 5.91 Å². The SMILES string of the molecule is Cc1nc2c(cc(C(=O)NCc3ccc(N(C)C)cc3)n2C)c(-c2cc(F)c3c(c2C)CCCO3)c1[C@H](OC(C)(C)C)C(=O)O. The summed E-state index contributed by atoms with van der Waals surface area (Å²) in [4.78, 5) is 33.2. The van der Waals surface area contributed by atoms with E-state index in [1.165, 1.54) is 6.07 Å². The number of carboxylic acid groups (broad SMARTS) is 1. The van der Waals surface area contributed by atoms with Gasteiger partial charge in [0.1, 0.15) is 11.3 Å². The molecule has 0 bridgehead atoms. The predicted molar refractivity (Wildman–Crippen MR) is 173 cm³/mol. The fourth-order valence-electron chi connectivity index (χ4n) is 5.97. The highest BCUT2D eigenvalue weighted by Gasteiger charge is 2.34. The van der Waals surface area contributed by atoms with Crippen molar-refractivity contribution in [2.45, 2.75) is 65.7 Å². The molecule has 3 heterocycles. The van der Waals surface area contributed by atoms with Gasteiger partial charge in [0.15, 0.2) is 17.7 Å². The maximum absolute atomic E-state index is 15.6. The van der Waals surface area contributed by atoms with Gasteiger partial charge in [-0.1, -0.05) is 12.1 Å². The lowest BCUT2D eigenvalue weighted by Gasteiger charge is -2.29. The van der Waals surface area contributed by atoms with Gasteiger partial charge in [-0.25, -0.2) is 14.2 Å². The van der Waals surface area contributed by atoms with Crippen LogP contribution in [-0.2, 0) is 29.5 Å². The summed E-state index contributed by atoms with van der Waals surface area (Å²) in [5, 5.41) is 13.9. The number of aliphatic carboxylic acids is 1. The van der Waals surface area contributed by atoms with E-state index in [1.807, 2.05) is 50.2 Å². The van der Waals surface area contributed by atoms with Crippen LogP contribution in [0.2, 0.25) is 0 Å². The lowest BCUT2D eigenvalue weighted by molar-refractivity contribution is -0.160. The molecule has 0 fully saturated rings. The van der Waals surface area contributed by atoms with Gasteiger partial charge in [-0.15, -0.1) is 0 Å². The number of aromatic nitrogens is 2. The zero-order chi connectivity index (χ0) is 32.8. The van der Waals surface area contributed by atoms with Gasteiger partial charge in [-0.2, -0.15) is 0 Å². The highest BCUT2D eigenvalue weighted by molar-refractivity contribution is 6.04. The van der Waals surface area contributed by atoms with Crippen molar-refractivity contribution >= 4 is 28.6 Å². The molecular formula is C35H41FN4O5. The number of hydrogen-bond acceptors (Lipinski definition) is 6. The maximum atomic E-state index is 15.6. The fraction of sp³-hybridized carbons (Fsp3) is 0.400. The fourth-order valence-corrected chi connectivity index (χ4v) is 5.97. The molecule has 0 saturated carbocycles. The first-order valence-corrected chi connectivity index (χ1v) is 15.1. The number of halogens is 1. The summed E-state index contributed by atoms with van der Waals surface area (Å²) in [7, 11) is 5.68. The first kappa shape index (κ1) is 32.0. The van der Waals surface area contributed by atoms with E-state index in [9.17, 15) is 14.7 Å². The van der Waals surface area contributed by atoms with Gasteiger partial charge >= 0.3 is 5.97 Å². The van der Waals surface area contributed by atoms with Crippen LogP contribution in [0.5, 0.6) is 5.75 Å². The maximum Gasteiger partial charge on any atom is 0.337 e. The molecule has 1 amide bonds. The Hall–Kier alpha value is -4.44. The Kier molecular flexibility index (Phi) is 8.64. The van der Waals surface area contributed by atoms with Crippen LogP contribution in [0, 0.1) is 19.7 Å². The Morgan fingerprint density at radius 3 is 2.49 bits per heavy atom. The smallest absolute Gasteiger partial charge is 0.337 e. The quantitative estimate of drug-likeness (QED) is 0.241. The molecule has 2 aromatic carbocycles. The van der Waals surface area contributed by atoms with E-state index < -0.39 is 23.5 Å². The number of carbonyl (C=O) groups is 2. The van der Waals surface area contributed by atoms with E-state index in [4.69, 9.17) is 14.5 Å². The minimum absolute atomic E-state index is 0.235. The van der Waals surface area contributed by atoms with Gasteiger partial charge in [-0.05, 0) is 88.4 Å². The van der Waals surface area contributed by atoms with Gasteiger partial charge < -0.3 is 29.4 Å². The highest BCUT2D eigenvalue weighted by Crippen LogP contribution is 2.44. The number of carboxylic acids is 1. The molecular weight excluding hydrogens is 575 g/mol. The van der Waals surface area contributed by atoms with Gasteiger partial charge in [-0.3, -0.25) is 4.79 Å². The van der Waals surface area contributed by atoms with Crippen molar-refractivity contribution < 1.29 is 28.6 Å². The molecule has 45 heavy (non-hydrogen) atoms. The topological polar surface area (TPSA) is 106 Å². The van der Waals surface area contributed by atoms with Crippen LogP contribution in [0.3, 0.4) is 0 Å². The number of ether oxygens (including phenoxy) is 2. The minimum atomic E-state index is -1.39. The zero-order valence-corrected chi connectivity index (χ0v) is 27.2. The molecule has 0 radical (unpaired) electrons. The number of aryl methyl sites for hydroxylation is 2. The number of anilines is 1. The molecule has 1 aliphatic heterocycles. The number of pyridine rings is 1. The van der Waals surface area contributed by atoms with Crippen LogP contribution in [0.15, 0.2) is 36.4 Å². The number of fused-ring (bicyclic) bond motifs is 2. The van der Waals surface area contributed by atoms with Crippen LogP contribution >= 0.6 is 0 Å². The van der Waals surface area contributed by atoms with E-state index in [-0.39, 0.29) is 11.7 Å². The van der Waals surface area contributed by atoms with E-state index in [0.717, 1.165) is 28.8 Å². The molecule has 0 saturated heterocycles. The molecule has 0 spiro atoms. The molecule has 4 aromatic rings. The minimum Gasteiger partial charge on any atom is -0.490 e. The summed E-state index contributed by atoms with van der Waals surface area (Å²) < 4.78 is 29.1. The number of rotatable bonds is 8. The largest absolute Gasteiger partial charge is 0.490 e. The average Bonchev–Trinajstić information content (AvgIpc) is 3.31. The molecule has 2 aromatic heterocycles. The molecule has 1 aliphatic rings. The normalized spacial score (nSPS) is 13.7. The number of amides is 1. The van der Waals surface area contributed by atoms with Gasteiger partial charge in [0, 0.05) is 61.1 Å². The summed E-state index contributed by atoms with van der Waals surface area (Å²) >= 11 is 0. The lowest BCUT2D eigenvalue weighted by atomic mass is 9.86. The zero-order valence-electron chi connectivity index (χ0n) is 27.2. The summed E-state index contributed by atoms with van der Waals surface area (Å²) in [5.41, 5.74) is 5.27. The highest BCUT2D eigenvalue weighted by atomic mass is 19.1. The Morgan fingerprint density at radius 1 is 1.18 bits per heavy atom. The van der Waals surface area contributed by atoms with E-state index in [2.05, 4.69) is 5.32 Å². The number of nitrogens with zero attached hydrogens (tertiary/aromatic N) is 3. The van der Waals surface area contributed by atoms with Gasteiger partial charge in [0.05, 0.1) is 12.2 Å². The van der Waals surface area contributed by atoms with Crippen LogP contribution in [0.25, 0.3) is 22.2 Å². The molecule has 5 rings (SSSR count). The van der Waals surface area contributed by atoms with Crippen LogP contribution in [-0.4, -0.2) is 52.8 Å². The number of hydrogen-bond donors (Lipinski definition) is 2. The third kappa shape index (κ3) is 6.24. The summed E-state index contributed by atoms with van der Waals surface area (Å²) in [5.74, 6) is -1.79. The predicted octanol–water partition coefficient (Wildman–Crippen LogP) is 6.26. The second-order valence-electron chi connectivity index (χ2n) is 12.8. The van der Waals surface area contributed by atoms with E-state index in [0.29, 0.717) is 58.7 Å². The Morgan fingerprint density at radius 2 is 1.87 bits per heavy atom. The van der Waals surface area contributed by atoms with Crippen molar-refractivity contribution in [2.24, 2.45) is 7.05 Å². The van der Waals surface area contributed by atoms with Crippen LogP contribution in [0.4, 0.5) is 10.1 Å². The molecule has 10 heteroatoms. The van der Waals surface area contributed by atoms with Crippen molar-refractivity contribution in [3.8, 4) is 16.9 Å². The summed E-state index contributed by atoms with van der Waals surface area (Å²) in [6.45, 7) is 9.71.